The Morgan fingerprint density at radius 3 is 2.46 bits per heavy atom. The van der Waals surface area contributed by atoms with Crippen LogP contribution < -0.4 is 0 Å². The molecule has 0 radical (unpaired) electrons. The van der Waals surface area contributed by atoms with Gasteiger partial charge >= 0.3 is 5.97 Å². The largest absolute Gasteiger partial charge is 0.481 e. The minimum Gasteiger partial charge on any atom is -0.481 e. The monoisotopic (exact) mass is 375 g/mol. The van der Waals surface area contributed by atoms with Gasteiger partial charge in [-0.25, -0.2) is 4.68 Å². The number of carboxylic acids is 1. The van der Waals surface area contributed by atoms with E-state index in [0.717, 1.165) is 11.4 Å². The summed E-state index contributed by atoms with van der Waals surface area (Å²) in [7, 11) is 0. The van der Waals surface area contributed by atoms with E-state index in [0.29, 0.717) is 23.6 Å². The zero-order valence-electron chi connectivity index (χ0n) is 15.0. The number of aromatic nitrogens is 2. The van der Waals surface area contributed by atoms with Gasteiger partial charge in [-0.2, -0.15) is 5.10 Å². The van der Waals surface area contributed by atoms with Crippen LogP contribution in [0.25, 0.3) is 5.69 Å². The van der Waals surface area contributed by atoms with Crippen molar-refractivity contribution in [3.8, 4) is 5.69 Å². The summed E-state index contributed by atoms with van der Waals surface area (Å²) in [6, 6.07) is 6.94. The molecule has 2 heterocycles. The lowest BCUT2D eigenvalue weighted by Crippen LogP contribution is -2.38. The molecule has 1 aromatic carbocycles. The Kier molecular flexibility index (Phi) is 5.05. The minimum absolute atomic E-state index is 0.0697. The van der Waals surface area contributed by atoms with Crippen molar-refractivity contribution < 1.29 is 14.7 Å². The lowest BCUT2D eigenvalue weighted by molar-refractivity contribution is -0.142. The molecule has 2 atom stereocenters. The quantitative estimate of drug-likeness (QED) is 0.886. The summed E-state index contributed by atoms with van der Waals surface area (Å²) < 4.78 is 1.75. The van der Waals surface area contributed by atoms with Gasteiger partial charge in [0.25, 0.3) is 5.91 Å². The highest BCUT2D eigenvalue weighted by Gasteiger charge is 2.39. The summed E-state index contributed by atoms with van der Waals surface area (Å²) in [6.07, 6.45) is 2.05. The van der Waals surface area contributed by atoms with Crippen LogP contribution in [0.2, 0.25) is 5.02 Å². The predicted octanol–water partition coefficient (Wildman–Crippen LogP) is 3.58. The van der Waals surface area contributed by atoms with E-state index in [1.807, 2.05) is 26.0 Å². The van der Waals surface area contributed by atoms with Crippen molar-refractivity contribution >= 4 is 23.5 Å². The molecular weight excluding hydrogens is 354 g/mol. The van der Waals surface area contributed by atoms with Crippen LogP contribution in [0.4, 0.5) is 0 Å². The Bertz CT molecular complexity index is 829. The molecule has 1 aromatic heterocycles. The van der Waals surface area contributed by atoms with Crippen LogP contribution in [0.15, 0.2) is 30.5 Å². The summed E-state index contributed by atoms with van der Waals surface area (Å²) >= 11 is 5.96. The first-order valence-corrected chi connectivity index (χ1v) is 9.06. The number of carbonyl (C=O) groups excluding carboxylic acids is 1. The summed E-state index contributed by atoms with van der Waals surface area (Å²) in [5.74, 6) is -1.47. The Morgan fingerprint density at radius 1 is 1.27 bits per heavy atom. The molecule has 0 aliphatic carbocycles. The maximum Gasteiger partial charge on any atom is 0.308 e. The van der Waals surface area contributed by atoms with Crippen molar-refractivity contribution in [2.45, 2.75) is 39.2 Å². The number of halogens is 1. The van der Waals surface area contributed by atoms with Crippen molar-refractivity contribution in [3.63, 3.8) is 0 Å². The highest BCUT2D eigenvalue weighted by Crippen LogP contribution is 2.30. The molecule has 2 aromatic rings. The normalized spacial score (nSPS) is 20.0. The number of likely N-dealkylation sites (tertiary alicyclic amines) is 1. The third kappa shape index (κ3) is 3.21. The fourth-order valence-electron chi connectivity index (χ4n) is 3.58. The summed E-state index contributed by atoms with van der Waals surface area (Å²) in [5, 5.41) is 14.4. The van der Waals surface area contributed by atoms with Crippen LogP contribution in [0, 0.1) is 5.92 Å². The summed E-state index contributed by atoms with van der Waals surface area (Å²) in [6.45, 7) is 6.25. The fourth-order valence-corrected chi connectivity index (χ4v) is 3.70. The van der Waals surface area contributed by atoms with Crippen LogP contribution >= 0.6 is 11.6 Å². The molecule has 2 unspecified atom stereocenters. The number of hydrogen-bond acceptors (Lipinski definition) is 3. The van der Waals surface area contributed by atoms with E-state index in [4.69, 9.17) is 11.6 Å². The van der Waals surface area contributed by atoms with Crippen LogP contribution in [-0.4, -0.2) is 44.3 Å². The average Bonchev–Trinajstić information content (AvgIpc) is 3.19. The van der Waals surface area contributed by atoms with E-state index in [2.05, 4.69) is 5.10 Å². The number of benzene rings is 1. The van der Waals surface area contributed by atoms with E-state index in [-0.39, 0.29) is 17.9 Å². The predicted molar refractivity (Wildman–Crippen MR) is 98.9 cm³/mol. The van der Waals surface area contributed by atoms with Gasteiger partial charge in [-0.15, -0.1) is 0 Å². The van der Waals surface area contributed by atoms with Gasteiger partial charge in [0.05, 0.1) is 29.1 Å². The summed E-state index contributed by atoms with van der Waals surface area (Å²) in [5.41, 5.74) is 2.16. The number of carbonyl (C=O) groups is 2. The number of amides is 1. The molecule has 1 saturated heterocycles. The van der Waals surface area contributed by atoms with Gasteiger partial charge < -0.3 is 10.0 Å². The molecule has 0 bridgehead atoms. The van der Waals surface area contributed by atoms with Gasteiger partial charge in [-0.3, -0.25) is 9.59 Å². The molecule has 1 aliphatic rings. The molecule has 26 heavy (non-hydrogen) atoms. The average molecular weight is 376 g/mol. The van der Waals surface area contributed by atoms with E-state index >= 15 is 0 Å². The second-order valence-electron chi connectivity index (χ2n) is 6.96. The standard InChI is InChI=1S/C19H22ClN3O3/c1-11(2)17-16(10-21-23(17)14-6-4-13(20)5-7-14)18(24)22-9-8-15(12(22)3)19(25)26/h4-7,10-12,15H,8-9H2,1-3H3,(H,25,26). The van der Waals surface area contributed by atoms with Gasteiger partial charge in [0.15, 0.2) is 0 Å². The van der Waals surface area contributed by atoms with Crippen molar-refractivity contribution in [1.29, 1.82) is 0 Å². The summed E-state index contributed by atoms with van der Waals surface area (Å²) in [4.78, 5) is 26.1. The Hall–Kier alpha value is -2.34. The van der Waals surface area contributed by atoms with Crippen molar-refractivity contribution in [3.05, 3.63) is 46.7 Å². The van der Waals surface area contributed by atoms with Gasteiger partial charge in [0.2, 0.25) is 0 Å². The fraction of sp³-hybridized carbons (Fsp3) is 0.421. The van der Waals surface area contributed by atoms with Crippen LogP contribution in [0.5, 0.6) is 0 Å². The molecule has 138 valence electrons. The van der Waals surface area contributed by atoms with E-state index in [1.165, 1.54) is 0 Å². The second-order valence-corrected chi connectivity index (χ2v) is 7.40. The smallest absolute Gasteiger partial charge is 0.308 e. The topological polar surface area (TPSA) is 75.4 Å². The maximum atomic E-state index is 13.1. The van der Waals surface area contributed by atoms with E-state index in [9.17, 15) is 14.7 Å². The second kappa shape index (κ2) is 7.11. The van der Waals surface area contributed by atoms with E-state index < -0.39 is 11.9 Å². The highest BCUT2D eigenvalue weighted by molar-refractivity contribution is 6.30. The van der Waals surface area contributed by atoms with Gasteiger partial charge in [0, 0.05) is 17.6 Å². The molecule has 0 spiro atoms. The zero-order chi connectivity index (χ0) is 19.0. The number of nitrogens with zero attached hydrogens (tertiary/aromatic N) is 3. The van der Waals surface area contributed by atoms with Crippen molar-refractivity contribution in [1.82, 2.24) is 14.7 Å². The van der Waals surface area contributed by atoms with Crippen LogP contribution in [-0.2, 0) is 4.79 Å². The Balaban J connectivity index is 1.97. The molecule has 6 nitrogen and oxygen atoms in total. The number of carboxylic acid groups (broad SMARTS) is 1. The Morgan fingerprint density at radius 2 is 1.92 bits per heavy atom. The first-order valence-electron chi connectivity index (χ1n) is 8.69. The van der Waals surface area contributed by atoms with Gasteiger partial charge in [0.1, 0.15) is 0 Å². The lowest BCUT2D eigenvalue weighted by atomic mass is 10.0. The molecule has 1 N–H and O–H groups in total. The number of aliphatic carboxylic acids is 1. The minimum atomic E-state index is -0.853. The van der Waals surface area contributed by atoms with Crippen LogP contribution in [0.1, 0.15) is 49.2 Å². The third-order valence-corrected chi connectivity index (χ3v) is 5.24. The molecular formula is C19H22ClN3O3. The van der Waals surface area contributed by atoms with Crippen LogP contribution in [0.3, 0.4) is 0 Å². The van der Waals surface area contributed by atoms with E-state index in [1.54, 1.807) is 34.8 Å². The molecule has 0 saturated carbocycles. The molecule has 7 heteroatoms. The first-order chi connectivity index (χ1) is 12.3. The lowest BCUT2D eigenvalue weighted by Gasteiger charge is -2.24. The highest BCUT2D eigenvalue weighted by atomic mass is 35.5. The molecule has 3 rings (SSSR count). The third-order valence-electron chi connectivity index (χ3n) is 4.99. The number of rotatable bonds is 4. The molecule has 1 aliphatic heterocycles. The Labute approximate surface area is 157 Å². The van der Waals surface area contributed by atoms with Crippen molar-refractivity contribution in [2.24, 2.45) is 5.92 Å². The zero-order valence-corrected chi connectivity index (χ0v) is 15.8. The first kappa shape index (κ1) is 18.5. The van der Waals surface area contributed by atoms with Gasteiger partial charge in [-0.1, -0.05) is 25.4 Å². The molecule has 1 amide bonds. The maximum absolute atomic E-state index is 13.1. The van der Waals surface area contributed by atoms with Crippen molar-refractivity contribution in [2.75, 3.05) is 6.54 Å². The SMILES string of the molecule is CC(C)c1c(C(=O)N2CCC(C(=O)O)C2C)cnn1-c1ccc(Cl)cc1. The number of hydrogen-bond donors (Lipinski definition) is 1. The molecule has 1 fully saturated rings. The van der Waals surface area contributed by atoms with Gasteiger partial charge in [-0.05, 0) is 43.5 Å².